The highest BCUT2D eigenvalue weighted by molar-refractivity contribution is 7.16. The number of halogens is 1. The number of carbonyl (C=O) groups excluding carboxylic acids is 1. The molecule has 1 fully saturated rings. The highest BCUT2D eigenvalue weighted by atomic mass is 35.5. The largest absolute Gasteiger partial charge is 0.341 e. The average Bonchev–Trinajstić information content (AvgIpc) is 2.99. The van der Waals surface area contributed by atoms with Crippen LogP contribution in [0, 0.1) is 0 Å². The Labute approximate surface area is 117 Å². The van der Waals surface area contributed by atoms with Crippen LogP contribution in [0.15, 0.2) is 12.1 Å². The summed E-state index contributed by atoms with van der Waals surface area (Å²) in [5.74, 6) is 0.233. The first kappa shape index (κ1) is 13.8. The second-order valence-corrected chi connectivity index (χ2v) is 6.46. The van der Waals surface area contributed by atoms with Crippen molar-refractivity contribution in [1.82, 2.24) is 10.2 Å². The Morgan fingerprint density at radius 1 is 1.50 bits per heavy atom. The Kier molecular flexibility index (Phi) is 5.03. The Bertz CT molecular complexity index is 401. The first-order chi connectivity index (χ1) is 8.66. The zero-order valence-electron chi connectivity index (χ0n) is 10.6. The van der Waals surface area contributed by atoms with Crippen molar-refractivity contribution in [3.8, 4) is 0 Å². The summed E-state index contributed by atoms with van der Waals surface area (Å²) in [4.78, 5) is 15.3. The third-order valence-electron chi connectivity index (χ3n) is 3.24. The normalized spacial score (nSPS) is 17.1. The predicted octanol–water partition coefficient (Wildman–Crippen LogP) is 2.54. The quantitative estimate of drug-likeness (QED) is 0.902. The molecule has 1 aliphatic rings. The van der Waals surface area contributed by atoms with Crippen LogP contribution in [0.4, 0.5) is 0 Å². The lowest BCUT2D eigenvalue weighted by Crippen LogP contribution is -2.44. The van der Waals surface area contributed by atoms with E-state index in [9.17, 15) is 4.79 Å². The van der Waals surface area contributed by atoms with Gasteiger partial charge in [-0.3, -0.25) is 4.79 Å². The third kappa shape index (κ3) is 3.70. The monoisotopic (exact) mass is 286 g/mol. The summed E-state index contributed by atoms with van der Waals surface area (Å²) < 4.78 is 0.825. The van der Waals surface area contributed by atoms with E-state index in [-0.39, 0.29) is 11.9 Å². The summed E-state index contributed by atoms with van der Waals surface area (Å²) in [6, 6.07) is 3.88. The number of nitrogens with zero attached hydrogens (tertiary/aromatic N) is 1. The molecule has 0 saturated carbocycles. The molecule has 1 amide bonds. The molecule has 2 rings (SSSR count). The summed E-state index contributed by atoms with van der Waals surface area (Å²) >= 11 is 7.48. The zero-order chi connectivity index (χ0) is 13.0. The van der Waals surface area contributed by atoms with Crippen LogP contribution in [0.5, 0.6) is 0 Å². The van der Waals surface area contributed by atoms with E-state index in [0.717, 1.165) is 43.2 Å². The van der Waals surface area contributed by atoms with Crippen molar-refractivity contribution in [1.29, 1.82) is 0 Å². The topological polar surface area (TPSA) is 32.3 Å². The average molecular weight is 287 g/mol. The molecule has 100 valence electrons. The van der Waals surface area contributed by atoms with Gasteiger partial charge in [-0.25, -0.2) is 0 Å². The number of thiophene rings is 1. The van der Waals surface area contributed by atoms with Crippen LogP contribution in [-0.2, 0) is 11.2 Å². The number of nitrogens with one attached hydrogen (secondary N) is 1. The van der Waals surface area contributed by atoms with Crippen molar-refractivity contribution in [3.05, 3.63) is 21.3 Å². The Morgan fingerprint density at radius 2 is 2.22 bits per heavy atom. The zero-order valence-corrected chi connectivity index (χ0v) is 12.2. The summed E-state index contributed by atoms with van der Waals surface area (Å²) in [6.07, 6.45) is 3.22. The molecule has 3 nitrogen and oxygen atoms in total. The molecule has 1 aromatic rings. The second kappa shape index (κ2) is 6.55. The van der Waals surface area contributed by atoms with Gasteiger partial charge >= 0.3 is 0 Å². The van der Waals surface area contributed by atoms with E-state index < -0.39 is 0 Å². The van der Waals surface area contributed by atoms with Gasteiger partial charge in [0.1, 0.15) is 0 Å². The molecule has 0 bridgehead atoms. The maximum Gasteiger partial charge on any atom is 0.239 e. The summed E-state index contributed by atoms with van der Waals surface area (Å²) in [5.41, 5.74) is 0. The molecule has 0 spiro atoms. The lowest BCUT2D eigenvalue weighted by molar-refractivity contribution is -0.131. The van der Waals surface area contributed by atoms with Crippen LogP contribution < -0.4 is 5.32 Å². The number of hydrogen-bond acceptors (Lipinski definition) is 3. The van der Waals surface area contributed by atoms with Gasteiger partial charge in [0.15, 0.2) is 0 Å². The molecular weight excluding hydrogens is 268 g/mol. The van der Waals surface area contributed by atoms with Gasteiger partial charge in [0.25, 0.3) is 0 Å². The molecule has 1 unspecified atom stereocenters. The smallest absolute Gasteiger partial charge is 0.239 e. The molecule has 0 radical (unpaired) electrons. The maximum atomic E-state index is 12.0. The summed E-state index contributed by atoms with van der Waals surface area (Å²) in [6.45, 7) is 4.61. The van der Waals surface area contributed by atoms with Gasteiger partial charge in [-0.05, 0) is 38.3 Å². The fraction of sp³-hybridized carbons (Fsp3) is 0.615. The van der Waals surface area contributed by atoms with E-state index in [2.05, 4.69) is 5.32 Å². The van der Waals surface area contributed by atoms with Gasteiger partial charge in [0.2, 0.25) is 5.91 Å². The first-order valence-electron chi connectivity index (χ1n) is 6.43. The van der Waals surface area contributed by atoms with E-state index in [0.29, 0.717) is 0 Å². The molecule has 0 aliphatic carbocycles. The number of rotatable bonds is 5. The molecule has 1 saturated heterocycles. The van der Waals surface area contributed by atoms with E-state index in [1.807, 2.05) is 24.0 Å². The van der Waals surface area contributed by atoms with Gasteiger partial charge < -0.3 is 10.2 Å². The molecule has 0 aromatic carbocycles. The predicted molar refractivity (Wildman–Crippen MR) is 76.3 cm³/mol. The van der Waals surface area contributed by atoms with Crippen molar-refractivity contribution in [2.45, 2.75) is 32.2 Å². The van der Waals surface area contributed by atoms with Crippen LogP contribution in [-0.4, -0.2) is 36.5 Å². The lowest BCUT2D eigenvalue weighted by atomic mass is 10.2. The molecule has 1 N–H and O–H groups in total. The van der Waals surface area contributed by atoms with Crippen molar-refractivity contribution < 1.29 is 4.79 Å². The number of carbonyl (C=O) groups is 1. The second-order valence-electron chi connectivity index (χ2n) is 4.66. The number of likely N-dealkylation sites (tertiary alicyclic amines) is 1. The van der Waals surface area contributed by atoms with Gasteiger partial charge in [-0.1, -0.05) is 11.6 Å². The first-order valence-corrected chi connectivity index (χ1v) is 7.62. The lowest BCUT2D eigenvalue weighted by Gasteiger charge is -2.21. The van der Waals surface area contributed by atoms with Gasteiger partial charge in [-0.15, -0.1) is 11.3 Å². The van der Waals surface area contributed by atoms with E-state index in [1.54, 1.807) is 11.3 Å². The van der Waals surface area contributed by atoms with Gasteiger partial charge in [0, 0.05) is 24.5 Å². The Balaban J connectivity index is 1.70. The van der Waals surface area contributed by atoms with Crippen molar-refractivity contribution in [2.75, 3.05) is 19.6 Å². The van der Waals surface area contributed by atoms with Crippen LogP contribution in [0.3, 0.4) is 0 Å². The molecule has 1 aliphatic heterocycles. The van der Waals surface area contributed by atoms with Crippen LogP contribution in [0.2, 0.25) is 4.34 Å². The molecular formula is C13H19ClN2OS. The molecule has 1 atom stereocenters. The molecule has 2 heterocycles. The third-order valence-corrected chi connectivity index (χ3v) is 4.53. The van der Waals surface area contributed by atoms with Crippen molar-refractivity contribution in [2.24, 2.45) is 0 Å². The highest BCUT2D eigenvalue weighted by Gasteiger charge is 2.22. The molecule has 5 heteroatoms. The van der Waals surface area contributed by atoms with Crippen molar-refractivity contribution >= 4 is 28.8 Å². The van der Waals surface area contributed by atoms with Gasteiger partial charge in [-0.2, -0.15) is 0 Å². The van der Waals surface area contributed by atoms with Crippen LogP contribution in [0.25, 0.3) is 0 Å². The fourth-order valence-corrected chi connectivity index (χ4v) is 3.28. The van der Waals surface area contributed by atoms with Gasteiger partial charge in [0.05, 0.1) is 10.4 Å². The maximum absolute atomic E-state index is 12.0. The Morgan fingerprint density at radius 3 is 2.83 bits per heavy atom. The van der Waals surface area contributed by atoms with Crippen molar-refractivity contribution in [3.63, 3.8) is 0 Å². The fourth-order valence-electron chi connectivity index (χ4n) is 2.20. The molecule has 18 heavy (non-hydrogen) atoms. The van der Waals surface area contributed by atoms with Crippen LogP contribution >= 0.6 is 22.9 Å². The Hall–Kier alpha value is -0.580. The minimum absolute atomic E-state index is 0.0847. The summed E-state index contributed by atoms with van der Waals surface area (Å²) in [5, 5.41) is 3.29. The van der Waals surface area contributed by atoms with Crippen LogP contribution in [0.1, 0.15) is 24.6 Å². The minimum atomic E-state index is -0.0847. The number of hydrogen-bond donors (Lipinski definition) is 1. The standard InChI is InChI=1S/C13H19ClN2OS/c1-10(13(17)16-8-2-3-9-16)15-7-6-11-4-5-12(14)18-11/h4-5,10,15H,2-3,6-9H2,1H3. The molecule has 1 aromatic heterocycles. The van der Waals surface area contributed by atoms with E-state index in [1.165, 1.54) is 4.88 Å². The highest BCUT2D eigenvalue weighted by Crippen LogP contribution is 2.21. The SMILES string of the molecule is CC(NCCc1ccc(Cl)s1)C(=O)N1CCCC1. The number of amides is 1. The van der Waals surface area contributed by atoms with E-state index >= 15 is 0 Å². The summed E-state index contributed by atoms with van der Waals surface area (Å²) in [7, 11) is 0. The van der Waals surface area contributed by atoms with E-state index in [4.69, 9.17) is 11.6 Å². The minimum Gasteiger partial charge on any atom is -0.341 e.